The van der Waals surface area contributed by atoms with E-state index in [2.05, 4.69) is 5.32 Å². The number of hydrogen-bond acceptors (Lipinski definition) is 2. The molecule has 0 bridgehead atoms. The van der Waals surface area contributed by atoms with Crippen LogP contribution in [0.25, 0.3) is 0 Å². The Bertz CT molecular complexity index is 236. The van der Waals surface area contributed by atoms with Crippen LogP contribution in [-0.2, 0) is 4.79 Å². The second-order valence-corrected chi connectivity index (χ2v) is 2.96. The van der Waals surface area contributed by atoms with E-state index in [9.17, 15) is 18.0 Å². The monoisotopic (exact) mass is 225 g/mol. The van der Waals surface area contributed by atoms with Gasteiger partial charge in [-0.1, -0.05) is 13.0 Å². The van der Waals surface area contributed by atoms with Gasteiger partial charge in [0.15, 0.2) is 0 Å². The number of carboxylic acid groups (broad SMARTS) is 1. The van der Waals surface area contributed by atoms with Crippen molar-refractivity contribution in [1.29, 1.82) is 0 Å². The third kappa shape index (κ3) is 7.99. The summed E-state index contributed by atoms with van der Waals surface area (Å²) in [5.41, 5.74) is 0.203. The van der Waals surface area contributed by atoms with Crippen LogP contribution in [-0.4, -0.2) is 30.3 Å². The smallest absolute Gasteiger partial charge is 0.390 e. The van der Waals surface area contributed by atoms with Gasteiger partial charge in [-0.15, -0.1) is 0 Å². The van der Waals surface area contributed by atoms with Gasteiger partial charge in [0, 0.05) is 18.7 Å². The highest BCUT2D eigenvalue weighted by Crippen LogP contribution is 2.17. The number of hydrogen-bond donors (Lipinski definition) is 2. The predicted octanol–water partition coefficient (Wildman–Crippen LogP) is 1.95. The first-order valence-electron chi connectivity index (χ1n) is 4.56. The van der Waals surface area contributed by atoms with Gasteiger partial charge in [0.05, 0.1) is 6.42 Å². The Balaban J connectivity index is 3.74. The molecular weight excluding hydrogens is 211 g/mol. The molecule has 2 N–H and O–H groups in total. The summed E-state index contributed by atoms with van der Waals surface area (Å²) in [6.45, 7) is 1.62. The molecule has 0 aliphatic heterocycles. The fourth-order valence-corrected chi connectivity index (χ4v) is 0.910. The van der Waals surface area contributed by atoms with Crippen LogP contribution in [0.2, 0.25) is 0 Å². The van der Waals surface area contributed by atoms with Crippen LogP contribution < -0.4 is 5.32 Å². The zero-order valence-corrected chi connectivity index (χ0v) is 8.40. The molecule has 0 atom stereocenters. The van der Waals surface area contributed by atoms with Crippen molar-refractivity contribution in [3.05, 3.63) is 11.6 Å². The van der Waals surface area contributed by atoms with Crippen molar-refractivity contribution < 1.29 is 23.1 Å². The van der Waals surface area contributed by atoms with Gasteiger partial charge in [-0.3, -0.25) is 0 Å². The highest BCUT2D eigenvalue weighted by atomic mass is 19.4. The quantitative estimate of drug-likeness (QED) is 0.536. The van der Waals surface area contributed by atoms with E-state index in [0.29, 0.717) is 6.42 Å². The van der Waals surface area contributed by atoms with Gasteiger partial charge in [-0.25, -0.2) is 4.79 Å². The van der Waals surface area contributed by atoms with Gasteiger partial charge < -0.3 is 10.4 Å². The van der Waals surface area contributed by atoms with Crippen molar-refractivity contribution in [3.63, 3.8) is 0 Å². The molecule has 15 heavy (non-hydrogen) atoms. The standard InChI is InChI=1S/C9H14F3NO2/c1-2-7(8(14)15)3-5-13-6-4-9(10,11)12/h3,13H,2,4-6H2,1H3,(H,14,15). The summed E-state index contributed by atoms with van der Waals surface area (Å²) in [4.78, 5) is 10.5. The summed E-state index contributed by atoms with van der Waals surface area (Å²) < 4.78 is 35.1. The van der Waals surface area contributed by atoms with E-state index in [1.165, 1.54) is 6.08 Å². The van der Waals surface area contributed by atoms with E-state index in [1.54, 1.807) is 6.92 Å². The minimum atomic E-state index is -4.17. The molecule has 0 spiro atoms. The van der Waals surface area contributed by atoms with Gasteiger partial charge in [0.1, 0.15) is 0 Å². The summed E-state index contributed by atoms with van der Waals surface area (Å²) >= 11 is 0. The molecule has 0 aliphatic rings. The minimum Gasteiger partial charge on any atom is -0.478 e. The highest BCUT2D eigenvalue weighted by Gasteiger charge is 2.25. The fourth-order valence-electron chi connectivity index (χ4n) is 0.910. The lowest BCUT2D eigenvalue weighted by Crippen LogP contribution is -2.22. The molecule has 88 valence electrons. The molecule has 0 aromatic rings. The summed E-state index contributed by atoms with van der Waals surface area (Å²) in [6, 6.07) is 0. The lowest BCUT2D eigenvalue weighted by molar-refractivity contribution is -0.134. The van der Waals surface area contributed by atoms with Gasteiger partial charge in [0.25, 0.3) is 0 Å². The molecule has 0 heterocycles. The minimum absolute atomic E-state index is 0.144. The Kier molecular flexibility index (Phi) is 6.00. The van der Waals surface area contributed by atoms with Crippen molar-refractivity contribution in [2.75, 3.05) is 13.1 Å². The van der Waals surface area contributed by atoms with Crippen molar-refractivity contribution in [1.82, 2.24) is 5.32 Å². The normalized spacial score (nSPS) is 12.9. The highest BCUT2D eigenvalue weighted by molar-refractivity contribution is 5.86. The Morgan fingerprint density at radius 1 is 1.47 bits per heavy atom. The van der Waals surface area contributed by atoms with Crippen LogP contribution in [0.3, 0.4) is 0 Å². The lowest BCUT2D eigenvalue weighted by Gasteiger charge is -2.06. The Labute approximate surface area is 86.0 Å². The SMILES string of the molecule is CCC(=CCNCCC(F)(F)F)C(=O)O. The topological polar surface area (TPSA) is 49.3 Å². The number of rotatable bonds is 6. The molecule has 0 rings (SSSR count). The average molecular weight is 225 g/mol. The third-order valence-corrected chi connectivity index (χ3v) is 1.73. The van der Waals surface area contributed by atoms with Crippen LogP contribution in [0, 0.1) is 0 Å². The fraction of sp³-hybridized carbons (Fsp3) is 0.667. The number of halogens is 3. The molecule has 0 radical (unpaired) electrons. The number of carbonyl (C=O) groups is 1. The Morgan fingerprint density at radius 2 is 2.07 bits per heavy atom. The molecule has 0 fully saturated rings. The van der Waals surface area contributed by atoms with Crippen molar-refractivity contribution >= 4 is 5.97 Å². The molecule has 0 saturated heterocycles. The Morgan fingerprint density at radius 3 is 2.47 bits per heavy atom. The second-order valence-electron chi connectivity index (χ2n) is 2.96. The van der Waals surface area contributed by atoms with Crippen LogP contribution >= 0.6 is 0 Å². The van der Waals surface area contributed by atoms with Crippen LogP contribution in [0.15, 0.2) is 11.6 Å². The van der Waals surface area contributed by atoms with E-state index in [1.807, 2.05) is 0 Å². The van der Waals surface area contributed by atoms with E-state index in [0.717, 1.165) is 0 Å². The van der Waals surface area contributed by atoms with Crippen LogP contribution in [0.1, 0.15) is 19.8 Å². The summed E-state index contributed by atoms with van der Waals surface area (Å²) in [7, 11) is 0. The summed E-state index contributed by atoms with van der Waals surface area (Å²) in [5, 5.41) is 11.1. The van der Waals surface area contributed by atoms with Crippen LogP contribution in [0.5, 0.6) is 0 Å². The number of alkyl halides is 3. The molecule has 0 amide bonds. The van der Waals surface area contributed by atoms with E-state index >= 15 is 0 Å². The van der Waals surface area contributed by atoms with E-state index in [4.69, 9.17) is 5.11 Å². The first-order chi connectivity index (χ1) is 6.87. The maximum absolute atomic E-state index is 11.7. The third-order valence-electron chi connectivity index (χ3n) is 1.73. The molecule has 0 aliphatic carbocycles. The van der Waals surface area contributed by atoms with Crippen molar-refractivity contribution in [3.8, 4) is 0 Å². The Hall–Kier alpha value is -1.04. The first kappa shape index (κ1) is 14.0. The van der Waals surface area contributed by atoms with Gasteiger partial charge in [-0.2, -0.15) is 13.2 Å². The number of nitrogens with one attached hydrogen (secondary N) is 1. The molecule has 0 unspecified atom stereocenters. The average Bonchev–Trinajstić information content (AvgIpc) is 2.08. The van der Waals surface area contributed by atoms with Crippen LogP contribution in [0.4, 0.5) is 13.2 Å². The summed E-state index contributed by atoms with van der Waals surface area (Å²) in [5.74, 6) is -1.03. The van der Waals surface area contributed by atoms with Gasteiger partial charge >= 0.3 is 12.1 Å². The maximum atomic E-state index is 11.7. The second kappa shape index (κ2) is 6.44. The van der Waals surface area contributed by atoms with Crippen molar-refractivity contribution in [2.45, 2.75) is 25.9 Å². The van der Waals surface area contributed by atoms with Gasteiger partial charge in [-0.05, 0) is 6.42 Å². The lowest BCUT2D eigenvalue weighted by atomic mass is 10.2. The zero-order valence-electron chi connectivity index (χ0n) is 8.40. The van der Waals surface area contributed by atoms with Gasteiger partial charge in [0.2, 0.25) is 0 Å². The maximum Gasteiger partial charge on any atom is 0.390 e. The molecule has 6 heteroatoms. The molecule has 0 aromatic carbocycles. The summed E-state index contributed by atoms with van der Waals surface area (Å²) in [6.07, 6.45) is -3.33. The van der Waals surface area contributed by atoms with E-state index in [-0.39, 0.29) is 18.7 Å². The molecule has 0 saturated carbocycles. The number of aliphatic carboxylic acids is 1. The zero-order chi connectivity index (χ0) is 11.9. The predicted molar refractivity (Wildman–Crippen MR) is 49.6 cm³/mol. The molecule has 3 nitrogen and oxygen atoms in total. The van der Waals surface area contributed by atoms with E-state index < -0.39 is 18.6 Å². The number of carboxylic acids is 1. The molecule has 0 aromatic heterocycles. The first-order valence-corrected chi connectivity index (χ1v) is 4.56. The molecular formula is C9H14F3NO2. The van der Waals surface area contributed by atoms with Crippen molar-refractivity contribution in [2.24, 2.45) is 0 Å². The largest absolute Gasteiger partial charge is 0.478 e.